The highest BCUT2D eigenvalue weighted by Crippen LogP contribution is 1.96. The topological polar surface area (TPSA) is 35.6 Å². The summed E-state index contributed by atoms with van der Waals surface area (Å²) < 4.78 is 0. The second kappa shape index (κ2) is 8.68. The zero-order chi connectivity index (χ0) is 11.7. The molecule has 0 spiro atoms. The van der Waals surface area contributed by atoms with Gasteiger partial charge in [0.05, 0.1) is 0 Å². The average molecular weight is 215 g/mol. The van der Waals surface area contributed by atoms with Crippen LogP contribution in [0.1, 0.15) is 19.8 Å². The summed E-state index contributed by atoms with van der Waals surface area (Å²) in [7, 11) is 5.98. The molecule has 0 aliphatic rings. The van der Waals surface area contributed by atoms with Crippen LogP contribution in [0.3, 0.4) is 0 Å². The second-order valence-corrected chi connectivity index (χ2v) is 3.98. The minimum absolute atomic E-state index is 0.255. The Balaban J connectivity index is 3.75. The standard InChI is InChI=1S/C11H25N3O/c1-5-14(10-6-9-13(3)4)11(15)7-8-12-2/h12H,5-10H2,1-4H3. The molecule has 0 saturated heterocycles. The zero-order valence-corrected chi connectivity index (χ0v) is 10.5. The lowest BCUT2D eigenvalue weighted by molar-refractivity contribution is -0.131. The van der Waals surface area contributed by atoms with Gasteiger partial charge in [0.1, 0.15) is 0 Å². The first kappa shape index (κ1) is 14.4. The van der Waals surface area contributed by atoms with Crippen molar-refractivity contribution in [2.24, 2.45) is 0 Å². The van der Waals surface area contributed by atoms with Crippen molar-refractivity contribution in [3.63, 3.8) is 0 Å². The molecule has 0 aromatic carbocycles. The number of amides is 1. The summed E-state index contributed by atoms with van der Waals surface area (Å²) >= 11 is 0. The fourth-order valence-corrected chi connectivity index (χ4v) is 1.43. The summed E-state index contributed by atoms with van der Waals surface area (Å²) in [5.74, 6) is 0.255. The lowest BCUT2D eigenvalue weighted by Gasteiger charge is -2.21. The van der Waals surface area contributed by atoms with Crippen molar-refractivity contribution in [3.05, 3.63) is 0 Å². The van der Waals surface area contributed by atoms with E-state index in [2.05, 4.69) is 24.3 Å². The summed E-state index contributed by atoms with van der Waals surface area (Å²) in [6.45, 7) is 5.53. The van der Waals surface area contributed by atoms with Gasteiger partial charge in [0.25, 0.3) is 0 Å². The van der Waals surface area contributed by atoms with Crippen LogP contribution < -0.4 is 5.32 Å². The van der Waals surface area contributed by atoms with E-state index < -0.39 is 0 Å². The summed E-state index contributed by atoms with van der Waals surface area (Å²) in [5.41, 5.74) is 0. The van der Waals surface area contributed by atoms with Crippen LogP contribution in [0.15, 0.2) is 0 Å². The molecule has 15 heavy (non-hydrogen) atoms. The second-order valence-electron chi connectivity index (χ2n) is 3.98. The number of carbonyl (C=O) groups is 1. The predicted octanol–water partition coefficient (Wildman–Crippen LogP) is 0.396. The third-order valence-corrected chi connectivity index (χ3v) is 2.36. The van der Waals surface area contributed by atoms with Crippen molar-refractivity contribution >= 4 is 5.91 Å². The molecule has 90 valence electrons. The van der Waals surface area contributed by atoms with E-state index in [4.69, 9.17) is 0 Å². The largest absolute Gasteiger partial charge is 0.343 e. The van der Waals surface area contributed by atoms with Gasteiger partial charge in [0, 0.05) is 26.1 Å². The van der Waals surface area contributed by atoms with E-state index in [-0.39, 0.29) is 5.91 Å². The van der Waals surface area contributed by atoms with Gasteiger partial charge in [-0.1, -0.05) is 0 Å². The normalized spacial score (nSPS) is 10.7. The molecule has 0 rings (SSSR count). The van der Waals surface area contributed by atoms with Gasteiger partial charge in [0.15, 0.2) is 0 Å². The van der Waals surface area contributed by atoms with Crippen molar-refractivity contribution < 1.29 is 4.79 Å². The van der Waals surface area contributed by atoms with Gasteiger partial charge in [0.2, 0.25) is 5.91 Å². The molecule has 0 radical (unpaired) electrons. The van der Waals surface area contributed by atoms with E-state index >= 15 is 0 Å². The third kappa shape index (κ3) is 7.33. The van der Waals surface area contributed by atoms with Gasteiger partial charge < -0.3 is 15.1 Å². The van der Waals surface area contributed by atoms with Crippen LogP contribution in [0.2, 0.25) is 0 Å². The lowest BCUT2D eigenvalue weighted by atomic mass is 10.3. The molecule has 0 unspecified atom stereocenters. The first-order valence-electron chi connectivity index (χ1n) is 5.69. The number of nitrogens with one attached hydrogen (secondary N) is 1. The number of hydrogen-bond donors (Lipinski definition) is 1. The molecule has 0 aromatic heterocycles. The van der Waals surface area contributed by atoms with Gasteiger partial charge in [-0.15, -0.1) is 0 Å². The van der Waals surface area contributed by atoms with E-state index in [0.717, 1.165) is 32.6 Å². The van der Waals surface area contributed by atoms with Crippen molar-refractivity contribution in [2.45, 2.75) is 19.8 Å². The van der Waals surface area contributed by atoms with Crippen molar-refractivity contribution in [2.75, 3.05) is 47.3 Å². The van der Waals surface area contributed by atoms with Gasteiger partial charge in [-0.2, -0.15) is 0 Å². The third-order valence-electron chi connectivity index (χ3n) is 2.36. The molecular weight excluding hydrogens is 190 g/mol. The number of rotatable bonds is 8. The molecule has 0 aromatic rings. The molecular formula is C11H25N3O. The highest BCUT2D eigenvalue weighted by molar-refractivity contribution is 5.76. The maximum atomic E-state index is 11.7. The molecule has 0 aliphatic heterocycles. The van der Waals surface area contributed by atoms with E-state index in [1.807, 2.05) is 18.9 Å². The van der Waals surface area contributed by atoms with Crippen LogP contribution in [-0.4, -0.2) is 63.0 Å². The fourth-order valence-electron chi connectivity index (χ4n) is 1.43. The Kier molecular flexibility index (Phi) is 8.33. The predicted molar refractivity (Wildman–Crippen MR) is 64.0 cm³/mol. The molecule has 0 bridgehead atoms. The van der Waals surface area contributed by atoms with Gasteiger partial charge in [-0.05, 0) is 41.0 Å². The monoisotopic (exact) mass is 215 g/mol. The smallest absolute Gasteiger partial charge is 0.223 e. The minimum Gasteiger partial charge on any atom is -0.343 e. The lowest BCUT2D eigenvalue weighted by Crippen LogP contribution is -2.34. The first-order valence-corrected chi connectivity index (χ1v) is 5.69. The molecule has 0 heterocycles. The van der Waals surface area contributed by atoms with Crippen molar-refractivity contribution in [3.8, 4) is 0 Å². The number of hydrogen-bond acceptors (Lipinski definition) is 3. The zero-order valence-electron chi connectivity index (χ0n) is 10.5. The number of carbonyl (C=O) groups excluding carboxylic acids is 1. The van der Waals surface area contributed by atoms with E-state index in [1.54, 1.807) is 0 Å². The maximum absolute atomic E-state index is 11.7. The minimum atomic E-state index is 0.255. The summed E-state index contributed by atoms with van der Waals surface area (Å²) in [6.07, 6.45) is 1.65. The SMILES string of the molecule is CCN(CCCN(C)C)C(=O)CCNC. The summed E-state index contributed by atoms with van der Waals surface area (Å²) in [6, 6.07) is 0. The molecule has 0 atom stereocenters. The van der Waals surface area contributed by atoms with Crippen molar-refractivity contribution in [1.82, 2.24) is 15.1 Å². The molecule has 0 saturated carbocycles. The van der Waals surface area contributed by atoms with Crippen LogP contribution in [-0.2, 0) is 4.79 Å². The van der Waals surface area contributed by atoms with Crippen LogP contribution >= 0.6 is 0 Å². The number of nitrogens with zero attached hydrogens (tertiary/aromatic N) is 2. The summed E-state index contributed by atoms with van der Waals surface area (Å²) in [5, 5.41) is 3.00. The quantitative estimate of drug-likeness (QED) is 0.636. The highest BCUT2D eigenvalue weighted by atomic mass is 16.2. The van der Waals surface area contributed by atoms with E-state index in [9.17, 15) is 4.79 Å². The molecule has 4 nitrogen and oxygen atoms in total. The molecule has 1 amide bonds. The Bertz CT molecular complexity index is 171. The molecule has 0 aliphatic carbocycles. The summed E-state index contributed by atoms with van der Waals surface area (Å²) in [4.78, 5) is 15.8. The molecule has 1 N–H and O–H groups in total. The van der Waals surface area contributed by atoms with Crippen LogP contribution in [0.5, 0.6) is 0 Å². The Morgan fingerprint density at radius 3 is 2.40 bits per heavy atom. The molecule has 4 heteroatoms. The van der Waals surface area contributed by atoms with Crippen LogP contribution in [0.4, 0.5) is 0 Å². The first-order chi connectivity index (χ1) is 7.11. The Morgan fingerprint density at radius 2 is 1.93 bits per heavy atom. The van der Waals surface area contributed by atoms with E-state index in [0.29, 0.717) is 6.42 Å². The Labute approximate surface area is 93.6 Å². The van der Waals surface area contributed by atoms with Crippen molar-refractivity contribution in [1.29, 1.82) is 0 Å². The Morgan fingerprint density at radius 1 is 1.27 bits per heavy atom. The van der Waals surface area contributed by atoms with E-state index in [1.165, 1.54) is 0 Å². The van der Waals surface area contributed by atoms with Gasteiger partial charge >= 0.3 is 0 Å². The van der Waals surface area contributed by atoms with Crippen LogP contribution in [0.25, 0.3) is 0 Å². The average Bonchev–Trinajstić information content (AvgIpc) is 2.20. The highest BCUT2D eigenvalue weighted by Gasteiger charge is 2.09. The fraction of sp³-hybridized carbons (Fsp3) is 0.909. The van der Waals surface area contributed by atoms with Crippen LogP contribution in [0, 0.1) is 0 Å². The molecule has 0 fully saturated rings. The Hall–Kier alpha value is -0.610. The maximum Gasteiger partial charge on any atom is 0.223 e. The van der Waals surface area contributed by atoms with Gasteiger partial charge in [-0.25, -0.2) is 0 Å². The van der Waals surface area contributed by atoms with Gasteiger partial charge in [-0.3, -0.25) is 4.79 Å².